The summed E-state index contributed by atoms with van der Waals surface area (Å²) < 4.78 is 29.3. The molecule has 2 heterocycles. The van der Waals surface area contributed by atoms with Crippen LogP contribution in [0.15, 0.2) is 6.08 Å². The predicted octanol–water partition coefficient (Wildman–Crippen LogP) is 3.22. The quantitative estimate of drug-likeness (QED) is 0.720. The van der Waals surface area contributed by atoms with Gasteiger partial charge in [0.05, 0.1) is 18.3 Å². The summed E-state index contributed by atoms with van der Waals surface area (Å²) in [6.07, 6.45) is 4.38. The van der Waals surface area contributed by atoms with Crippen molar-refractivity contribution in [2.24, 2.45) is 0 Å². The van der Waals surface area contributed by atoms with Crippen LogP contribution in [0.5, 0.6) is 5.88 Å². The third kappa shape index (κ3) is 4.28. The van der Waals surface area contributed by atoms with Crippen LogP contribution in [0.25, 0.3) is 5.57 Å². The van der Waals surface area contributed by atoms with E-state index in [0.717, 1.165) is 38.0 Å². The molecule has 4 nitrogen and oxygen atoms in total. The second kappa shape index (κ2) is 7.60. The zero-order valence-electron chi connectivity index (χ0n) is 13.7. The minimum absolute atomic E-state index is 0.564. The first-order chi connectivity index (χ1) is 9.96. The number of nitrogens with zero attached hydrogens (tertiary/aromatic N) is 3. The molecule has 0 unspecified atom stereocenters. The average molecular weight is 283 g/mol. The first-order valence-corrected chi connectivity index (χ1v) is 7.52. The van der Waals surface area contributed by atoms with Crippen molar-refractivity contribution in [3.05, 3.63) is 11.8 Å². The highest BCUT2D eigenvalue weighted by molar-refractivity contribution is 6.99. The maximum atomic E-state index is 7.49. The lowest BCUT2D eigenvalue weighted by atomic mass is 10.1. The molecule has 19 heavy (non-hydrogen) atoms. The molecule has 0 bridgehead atoms. The molecule has 0 aromatic carbocycles. The van der Waals surface area contributed by atoms with Gasteiger partial charge in [0, 0.05) is 15.8 Å². The van der Waals surface area contributed by atoms with Crippen molar-refractivity contribution in [2.45, 2.75) is 39.0 Å². The Morgan fingerprint density at radius 3 is 3.11 bits per heavy atom. The molecule has 1 aliphatic heterocycles. The van der Waals surface area contributed by atoms with Gasteiger partial charge in [-0.2, -0.15) is 4.37 Å². The van der Waals surface area contributed by atoms with E-state index in [9.17, 15) is 0 Å². The van der Waals surface area contributed by atoms with E-state index in [1.54, 1.807) is 6.92 Å². The molecule has 0 saturated carbocycles. The Bertz CT molecular complexity index is 485. The lowest BCUT2D eigenvalue weighted by molar-refractivity contribution is 0.294. The van der Waals surface area contributed by atoms with Crippen molar-refractivity contribution >= 4 is 17.3 Å². The number of ether oxygens (including phenoxy) is 1. The molecule has 0 spiro atoms. The maximum absolute atomic E-state index is 7.49. The highest BCUT2D eigenvalue weighted by Crippen LogP contribution is 2.27. The van der Waals surface area contributed by atoms with Crippen LogP contribution in [0, 0.1) is 0 Å². The SMILES string of the molecule is [2H]C([2H])(C)CCCCOc1nsnc1C1=CCCN(C)C1. The van der Waals surface area contributed by atoms with Crippen molar-refractivity contribution < 1.29 is 7.48 Å². The third-order valence-corrected chi connectivity index (χ3v) is 3.68. The van der Waals surface area contributed by atoms with E-state index < -0.39 is 6.37 Å². The van der Waals surface area contributed by atoms with Gasteiger partial charge >= 0.3 is 0 Å². The zero-order valence-corrected chi connectivity index (χ0v) is 12.5. The first-order valence-electron chi connectivity index (χ1n) is 7.79. The number of likely N-dealkylation sites (N-methyl/N-ethyl adjacent to an activating group) is 1. The third-order valence-electron chi connectivity index (χ3n) is 3.16. The summed E-state index contributed by atoms with van der Waals surface area (Å²) in [4.78, 5) is 2.27. The zero-order chi connectivity index (χ0) is 15.3. The molecule has 0 radical (unpaired) electrons. The van der Waals surface area contributed by atoms with E-state index in [4.69, 9.17) is 7.48 Å². The maximum Gasteiger partial charge on any atom is 0.253 e. The summed E-state index contributed by atoms with van der Waals surface area (Å²) in [5.74, 6) is 0.626. The molecular formula is C14H23N3OS. The van der Waals surface area contributed by atoms with Crippen molar-refractivity contribution in [1.29, 1.82) is 0 Å². The van der Waals surface area contributed by atoms with Crippen molar-refractivity contribution in [3.8, 4) is 5.88 Å². The summed E-state index contributed by atoms with van der Waals surface area (Å²) in [5, 5.41) is 0. The molecule has 106 valence electrons. The van der Waals surface area contributed by atoms with Crippen LogP contribution < -0.4 is 4.74 Å². The molecule has 0 saturated heterocycles. The van der Waals surface area contributed by atoms with Gasteiger partial charge in [0.2, 0.25) is 0 Å². The number of hydrogen-bond donors (Lipinski definition) is 0. The molecule has 2 rings (SSSR count). The molecule has 1 aromatic rings. The molecule has 0 N–H and O–H groups in total. The summed E-state index contributed by atoms with van der Waals surface area (Å²) >= 11 is 1.18. The van der Waals surface area contributed by atoms with E-state index in [-0.39, 0.29) is 0 Å². The molecule has 1 aromatic heterocycles. The lowest BCUT2D eigenvalue weighted by Crippen LogP contribution is -2.25. The minimum atomic E-state index is -1.09. The van der Waals surface area contributed by atoms with Crippen LogP contribution in [-0.2, 0) is 0 Å². The van der Waals surface area contributed by atoms with Gasteiger partial charge in [-0.05, 0) is 25.5 Å². The van der Waals surface area contributed by atoms with E-state index >= 15 is 0 Å². The van der Waals surface area contributed by atoms with Gasteiger partial charge < -0.3 is 9.64 Å². The number of rotatable bonds is 7. The number of unbranched alkanes of at least 4 members (excludes halogenated alkanes) is 1. The van der Waals surface area contributed by atoms with Gasteiger partial charge in [-0.25, -0.2) is 0 Å². The standard InChI is InChI=1S/C14H23N3OS/c1-3-4-5-6-10-18-14-13(15-19-16-14)12-8-7-9-17(2)11-12/h8H,3-7,9-11H2,1-2H3/i3D2. The normalized spacial score (nSPS) is 18.7. The van der Waals surface area contributed by atoms with Crippen molar-refractivity contribution in [2.75, 3.05) is 26.7 Å². The van der Waals surface area contributed by atoms with Crippen LogP contribution in [0.2, 0.25) is 0 Å². The van der Waals surface area contributed by atoms with Crippen LogP contribution in [0.1, 0.15) is 47.4 Å². The largest absolute Gasteiger partial charge is 0.475 e. The Hall–Kier alpha value is -0.940. The highest BCUT2D eigenvalue weighted by atomic mass is 32.1. The van der Waals surface area contributed by atoms with Crippen molar-refractivity contribution in [1.82, 2.24) is 13.6 Å². The molecule has 0 atom stereocenters. The van der Waals surface area contributed by atoms with Gasteiger partial charge in [0.25, 0.3) is 5.88 Å². The average Bonchev–Trinajstić information content (AvgIpc) is 2.85. The summed E-state index contributed by atoms with van der Waals surface area (Å²) in [6, 6.07) is 0. The van der Waals surface area contributed by atoms with Gasteiger partial charge in [-0.15, -0.1) is 4.37 Å². The van der Waals surface area contributed by atoms with Crippen LogP contribution in [0.4, 0.5) is 0 Å². The molecular weight excluding hydrogens is 258 g/mol. The fourth-order valence-electron chi connectivity index (χ4n) is 2.11. The minimum Gasteiger partial charge on any atom is -0.475 e. The van der Waals surface area contributed by atoms with Crippen LogP contribution in [0.3, 0.4) is 0 Å². The Morgan fingerprint density at radius 2 is 2.32 bits per heavy atom. The van der Waals surface area contributed by atoms with Crippen molar-refractivity contribution in [3.63, 3.8) is 0 Å². The Morgan fingerprint density at radius 1 is 1.42 bits per heavy atom. The second-order valence-electron chi connectivity index (χ2n) is 4.83. The lowest BCUT2D eigenvalue weighted by Gasteiger charge is -2.22. The number of aromatic nitrogens is 2. The topological polar surface area (TPSA) is 38.3 Å². The van der Waals surface area contributed by atoms with E-state index in [0.29, 0.717) is 18.9 Å². The summed E-state index contributed by atoms with van der Waals surface area (Å²) in [5.41, 5.74) is 2.06. The highest BCUT2D eigenvalue weighted by Gasteiger charge is 2.18. The summed E-state index contributed by atoms with van der Waals surface area (Å²) in [6.45, 7) is 4.15. The molecule has 0 amide bonds. The smallest absolute Gasteiger partial charge is 0.253 e. The fraction of sp³-hybridized carbons (Fsp3) is 0.714. The summed E-state index contributed by atoms with van der Waals surface area (Å²) in [7, 11) is 2.10. The molecule has 1 aliphatic rings. The van der Waals surface area contributed by atoms with Gasteiger partial charge in [-0.3, -0.25) is 0 Å². The number of hydrogen-bond acceptors (Lipinski definition) is 5. The van der Waals surface area contributed by atoms with Gasteiger partial charge in [-0.1, -0.05) is 32.2 Å². The Labute approximate surface area is 122 Å². The fourth-order valence-corrected chi connectivity index (χ4v) is 2.64. The molecule has 0 fully saturated rings. The van der Waals surface area contributed by atoms with Gasteiger partial charge in [0.1, 0.15) is 5.69 Å². The Balaban J connectivity index is 1.82. The predicted molar refractivity (Wildman–Crippen MR) is 79.6 cm³/mol. The van der Waals surface area contributed by atoms with Crippen LogP contribution in [-0.4, -0.2) is 40.4 Å². The monoisotopic (exact) mass is 283 g/mol. The van der Waals surface area contributed by atoms with E-state index in [1.165, 1.54) is 17.3 Å². The molecule has 0 aliphatic carbocycles. The Kier molecular flexibility index (Phi) is 4.74. The van der Waals surface area contributed by atoms with E-state index in [2.05, 4.69) is 26.8 Å². The van der Waals surface area contributed by atoms with Gasteiger partial charge in [0.15, 0.2) is 0 Å². The molecule has 5 heteroatoms. The second-order valence-corrected chi connectivity index (χ2v) is 5.36. The van der Waals surface area contributed by atoms with Crippen LogP contribution >= 0.6 is 11.7 Å². The van der Waals surface area contributed by atoms with E-state index in [1.807, 2.05) is 0 Å². The first kappa shape index (κ1) is 11.9.